The van der Waals surface area contributed by atoms with E-state index in [2.05, 4.69) is 10.1 Å². The second-order valence-electron chi connectivity index (χ2n) is 7.53. The van der Waals surface area contributed by atoms with E-state index in [1.54, 1.807) is 36.6 Å². The molecule has 1 aromatic carbocycles. The Kier molecular flexibility index (Phi) is 4.85. The molecule has 7 nitrogen and oxygen atoms in total. The zero-order chi connectivity index (χ0) is 21.6. The molecule has 0 aliphatic carbocycles. The number of rotatable bonds is 5. The number of aliphatic carboxylic acids is 1. The second kappa shape index (κ2) is 7.37. The zero-order valence-corrected chi connectivity index (χ0v) is 16.8. The first-order valence-electron chi connectivity index (χ1n) is 9.73. The van der Waals surface area contributed by atoms with Crippen molar-refractivity contribution in [3.8, 4) is 11.1 Å². The van der Waals surface area contributed by atoms with Crippen LogP contribution >= 0.6 is 0 Å². The van der Waals surface area contributed by atoms with Crippen molar-refractivity contribution in [1.29, 1.82) is 0 Å². The van der Waals surface area contributed by atoms with Crippen LogP contribution in [0, 0.1) is 11.7 Å². The van der Waals surface area contributed by atoms with Crippen molar-refractivity contribution in [3.63, 3.8) is 0 Å². The van der Waals surface area contributed by atoms with E-state index in [9.17, 15) is 19.1 Å². The summed E-state index contributed by atoms with van der Waals surface area (Å²) in [4.78, 5) is 29.2. The summed E-state index contributed by atoms with van der Waals surface area (Å²) in [6.07, 6.45) is 3.58. The summed E-state index contributed by atoms with van der Waals surface area (Å²) in [5, 5.41) is 14.5. The van der Waals surface area contributed by atoms with Gasteiger partial charge in [0.1, 0.15) is 11.9 Å². The molecular weight excluding hydrogens is 387 g/mol. The molecule has 4 aromatic rings. The smallest absolute Gasteiger partial charge is 0.327 e. The van der Waals surface area contributed by atoms with E-state index in [1.807, 2.05) is 6.92 Å². The van der Waals surface area contributed by atoms with Gasteiger partial charge in [-0.1, -0.05) is 32.9 Å². The van der Waals surface area contributed by atoms with E-state index in [-0.39, 0.29) is 17.1 Å². The van der Waals surface area contributed by atoms with Crippen LogP contribution in [0.2, 0.25) is 0 Å². The predicted octanol–water partition coefficient (Wildman–Crippen LogP) is 3.69. The molecule has 0 saturated heterocycles. The molecule has 1 N–H and O–H groups in total. The maximum absolute atomic E-state index is 13.4. The zero-order valence-electron chi connectivity index (χ0n) is 16.8. The molecule has 0 fully saturated rings. The molecule has 0 aliphatic heterocycles. The van der Waals surface area contributed by atoms with E-state index in [4.69, 9.17) is 0 Å². The average Bonchev–Trinajstić information content (AvgIpc) is 3.09. The number of pyridine rings is 1. The summed E-state index contributed by atoms with van der Waals surface area (Å²) in [5.74, 6) is -1.66. The summed E-state index contributed by atoms with van der Waals surface area (Å²) in [6.45, 7) is 5.48. The van der Waals surface area contributed by atoms with Gasteiger partial charge in [0.15, 0.2) is 5.65 Å². The van der Waals surface area contributed by atoms with Gasteiger partial charge in [-0.25, -0.2) is 18.7 Å². The largest absolute Gasteiger partial charge is 0.480 e. The standard InChI is InChI=1S/C22H21FN4O3/c1-4-16-18(13-5-7-14(23)8-6-13)20-24-11-15-17(27(20)25-16)9-10-26(21(15)28)19(12(2)3)22(29)30/h5-12,19H,4H2,1-3H3,(H,29,30)/t19-/m0/s1. The minimum Gasteiger partial charge on any atom is -0.480 e. The number of hydrogen-bond donors (Lipinski definition) is 1. The fraction of sp³-hybridized carbons (Fsp3) is 0.273. The number of carboxylic acids is 1. The Morgan fingerprint density at radius 1 is 1.20 bits per heavy atom. The molecule has 3 heterocycles. The van der Waals surface area contributed by atoms with Gasteiger partial charge in [-0.15, -0.1) is 0 Å². The van der Waals surface area contributed by atoms with Crippen molar-refractivity contribution in [2.24, 2.45) is 5.92 Å². The molecule has 8 heteroatoms. The molecule has 0 unspecified atom stereocenters. The summed E-state index contributed by atoms with van der Waals surface area (Å²) in [7, 11) is 0. The number of aryl methyl sites for hydroxylation is 1. The lowest BCUT2D eigenvalue weighted by atomic mass is 10.0. The molecule has 4 rings (SSSR count). The van der Waals surface area contributed by atoms with Crippen molar-refractivity contribution in [2.45, 2.75) is 33.2 Å². The first kappa shape index (κ1) is 19.8. The highest BCUT2D eigenvalue weighted by molar-refractivity contribution is 5.86. The van der Waals surface area contributed by atoms with Gasteiger partial charge in [-0.05, 0) is 36.1 Å². The second-order valence-corrected chi connectivity index (χ2v) is 7.53. The van der Waals surface area contributed by atoms with Gasteiger partial charge in [0, 0.05) is 18.0 Å². The maximum Gasteiger partial charge on any atom is 0.327 e. The van der Waals surface area contributed by atoms with Crippen molar-refractivity contribution in [1.82, 2.24) is 19.2 Å². The predicted molar refractivity (Wildman–Crippen MR) is 111 cm³/mol. The molecule has 30 heavy (non-hydrogen) atoms. The Bertz CT molecular complexity index is 1320. The van der Waals surface area contributed by atoms with E-state index >= 15 is 0 Å². The summed E-state index contributed by atoms with van der Waals surface area (Å²) < 4.78 is 16.2. The Balaban J connectivity index is 1.99. The number of carbonyl (C=O) groups is 1. The molecule has 0 aliphatic rings. The van der Waals surface area contributed by atoms with Gasteiger partial charge in [0.05, 0.1) is 16.6 Å². The lowest BCUT2D eigenvalue weighted by molar-refractivity contribution is -0.142. The number of benzene rings is 1. The minimum atomic E-state index is -1.06. The first-order valence-corrected chi connectivity index (χ1v) is 9.73. The molecular formula is C22H21FN4O3. The van der Waals surface area contributed by atoms with E-state index < -0.39 is 17.6 Å². The first-order chi connectivity index (χ1) is 14.3. The van der Waals surface area contributed by atoms with Crippen LogP contribution in [0.4, 0.5) is 4.39 Å². The topological polar surface area (TPSA) is 89.5 Å². The van der Waals surface area contributed by atoms with Gasteiger partial charge in [-0.2, -0.15) is 5.10 Å². The SMILES string of the molecule is CCc1nn2c(ncc3c(=O)n([C@H](C(=O)O)C(C)C)ccc32)c1-c1ccc(F)cc1. The molecule has 1 atom stereocenters. The maximum atomic E-state index is 13.4. The fourth-order valence-electron chi connectivity index (χ4n) is 3.83. The molecule has 0 bridgehead atoms. The third-order valence-electron chi connectivity index (χ3n) is 5.26. The number of halogens is 1. The molecule has 0 radical (unpaired) electrons. The Hall–Kier alpha value is -3.55. The van der Waals surface area contributed by atoms with E-state index in [0.29, 0.717) is 17.6 Å². The molecule has 3 aromatic heterocycles. The number of carboxylic acid groups (broad SMARTS) is 1. The van der Waals surface area contributed by atoms with Gasteiger partial charge >= 0.3 is 5.97 Å². The highest BCUT2D eigenvalue weighted by Crippen LogP contribution is 2.30. The van der Waals surface area contributed by atoms with Crippen LogP contribution in [-0.4, -0.2) is 30.2 Å². The lowest BCUT2D eigenvalue weighted by Gasteiger charge is -2.19. The Morgan fingerprint density at radius 3 is 2.50 bits per heavy atom. The number of fused-ring (bicyclic) bond motifs is 3. The van der Waals surface area contributed by atoms with E-state index in [1.165, 1.54) is 29.1 Å². The number of nitrogens with zero attached hydrogens (tertiary/aromatic N) is 4. The van der Waals surface area contributed by atoms with E-state index in [0.717, 1.165) is 16.8 Å². The van der Waals surface area contributed by atoms with Crippen LogP contribution in [0.5, 0.6) is 0 Å². The molecule has 0 spiro atoms. The molecule has 154 valence electrons. The number of aromatic nitrogens is 4. The normalized spacial score (nSPS) is 12.7. The van der Waals surface area contributed by atoms with Crippen LogP contribution in [0.25, 0.3) is 27.7 Å². The fourth-order valence-corrected chi connectivity index (χ4v) is 3.83. The third kappa shape index (κ3) is 3.04. The Labute approximate surface area is 171 Å². The van der Waals surface area contributed by atoms with Crippen LogP contribution < -0.4 is 5.56 Å². The number of hydrogen-bond acceptors (Lipinski definition) is 4. The van der Waals surface area contributed by atoms with Crippen LogP contribution in [0.1, 0.15) is 32.5 Å². The van der Waals surface area contributed by atoms with Crippen molar-refractivity contribution in [3.05, 3.63) is 64.6 Å². The quantitative estimate of drug-likeness (QED) is 0.544. The minimum absolute atomic E-state index is 0.268. The monoisotopic (exact) mass is 408 g/mol. The Morgan fingerprint density at radius 2 is 1.90 bits per heavy atom. The third-order valence-corrected chi connectivity index (χ3v) is 5.26. The molecule has 0 amide bonds. The van der Waals surface area contributed by atoms with Gasteiger partial charge < -0.3 is 9.67 Å². The van der Waals surface area contributed by atoms with Gasteiger partial charge in [-0.3, -0.25) is 4.79 Å². The van der Waals surface area contributed by atoms with Crippen molar-refractivity contribution >= 4 is 22.5 Å². The highest BCUT2D eigenvalue weighted by atomic mass is 19.1. The summed E-state index contributed by atoms with van der Waals surface area (Å²) in [6, 6.07) is 6.83. The van der Waals surface area contributed by atoms with Crippen molar-refractivity contribution < 1.29 is 14.3 Å². The lowest BCUT2D eigenvalue weighted by Crippen LogP contribution is -2.33. The van der Waals surface area contributed by atoms with Gasteiger partial charge in [0.2, 0.25) is 0 Å². The summed E-state index contributed by atoms with van der Waals surface area (Å²) >= 11 is 0. The molecule has 0 saturated carbocycles. The van der Waals surface area contributed by atoms with Gasteiger partial charge in [0.25, 0.3) is 5.56 Å². The van der Waals surface area contributed by atoms with Crippen LogP contribution in [-0.2, 0) is 11.2 Å². The van der Waals surface area contributed by atoms with Crippen LogP contribution in [0.15, 0.2) is 47.5 Å². The highest BCUT2D eigenvalue weighted by Gasteiger charge is 2.26. The van der Waals surface area contributed by atoms with Crippen LogP contribution in [0.3, 0.4) is 0 Å². The summed E-state index contributed by atoms with van der Waals surface area (Å²) in [5.41, 5.74) is 3.01. The van der Waals surface area contributed by atoms with Crippen molar-refractivity contribution in [2.75, 3.05) is 0 Å². The average molecular weight is 408 g/mol.